The molecule has 0 amide bonds. The van der Waals surface area contributed by atoms with Gasteiger partial charge >= 0.3 is 0 Å². The third kappa shape index (κ3) is 3.69. The summed E-state index contributed by atoms with van der Waals surface area (Å²) in [6.07, 6.45) is 5.12. The number of hydrogen-bond donors (Lipinski definition) is 0. The van der Waals surface area contributed by atoms with E-state index >= 15 is 0 Å². The average molecular weight is 440 g/mol. The van der Waals surface area contributed by atoms with Crippen LogP contribution in [0.2, 0.25) is 0 Å². The minimum absolute atomic E-state index is 0.0191. The molecule has 0 bridgehead atoms. The van der Waals surface area contributed by atoms with Gasteiger partial charge in [-0.05, 0) is 43.2 Å². The number of fused-ring (bicyclic) bond motifs is 4. The molecule has 0 saturated carbocycles. The maximum absolute atomic E-state index is 13.9. The zero-order chi connectivity index (χ0) is 22.9. The van der Waals surface area contributed by atoms with Crippen molar-refractivity contribution in [3.63, 3.8) is 0 Å². The molecular formula is C27H29N5O. The predicted molar refractivity (Wildman–Crippen MR) is 134 cm³/mol. The van der Waals surface area contributed by atoms with Gasteiger partial charge in [0.05, 0.1) is 11.0 Å². The predicted octanol–water partition coefficient (Wildman–Crippen LogP) is 5.73. The van der Waals surface area contributed by atoms with Crippen LogP contribution in [-0.4, -0.2) is 24.1 Å². The largest absolute Gasteiger partial charge is 0.296 e. The Morgan fingerprint density at radius 2 is 1.64 bits per heavy atom. The second kappa shape index (κ2) is 8.77. The summed E-state index contributed by atoms with van der Waals surface area (Å²) in [5, 5.41) is 0.553. The Hall–Kier alpha value is -3.54. The lowest BCUT2D eigenvalue weighted by molar-refractivity contribution is 0.548. The van der Waals surface area contributed by atoms with Crippen molar-refractivity contribution < 1.29 is 0 Å². The Morgan fingerprint density at radius 3 is 2.36 bits per heavy atom. The topological polar surface area (TPSA) is 65.6 Å². The molecule has 3 aromatic heterocycles. The van der Waals surface area contributed by atoms with Crippen LogP contribution < -0.4 is 5.56 Å². The molecule has 0 aliphatic carbocycles. The fourth-order valence-electron chi connectivity index (χ4n) is 4.58. The molecule has 5 rings (SSSR count). The van der Waals surface area contributed by atoms with E-state index in [1.807, 2.05) is 45.5 Å². The van der Waals surface area contributed by atoms with Gasteiger partial charge in [-0.1, -0.05) is 57.4 Å². The number of aryl methyl sites for hydroxylation is 2. The molecule has 0 saturated heterocycles. The van der Waals surface area contributed by atoms with E-state index in [4.69, 9.17) is 15.0 Å². The van der Waals surface area contributed by atoms with Crippen molar-refractivity contribution >= 4 is 33.2 Å². The van der Waals surface area contributed by atoms with E-state index in [0.29, 0.717) is 35.2 Å². The van der Waals surface area contributed by atoms with Crippen LogP contribution in [0.3, 0.4) is 0 Å². The van der Waals surface area contributed by atoms with Gasteiger partial charge in [-0.2, -0.15) is 0 Å². The summed E-state index contributed by atoms with van der Waals surface area (Å²) < 4.78 is 3.86. The Balaban J connectivity index is 1.86. The van der Waals surface area contributed by atoms with E-state index in [9.17, 15) is 4.79 Å². The molecule has 33 heavy (non-hydrogen) atoms. The summed E-state index contributed by atoms with van der Waals surface area (Å²) in [7, 11) is 0. The second-order valence-corrected chi connectivity index (χ2v) is 8.66. The first-order valence-corrected chi connectivity index (χ1v) is 11.9. The van der Waals surface area contributed by atoms with E-state index in [-0.39, 0.29) is 5.56 Å². The maximum Gasteiger partial charge on any atom is 0.265 e. The quantitative estimate of drug-likeness (QED) is 0.304. The highest BCUT2D eigenvalue weighted by molar-refractivity contribution is 6.05. The van der Waals surface area contributed by atoms with Gasteiger partial charge in [0.2, 0.25) is 0 Å². The first-order chi connectivity index (χ1) is 16.1. The van der Waals surface area contributed by atoms with Gasteiger partial charge in [0.15, 0.2) is 11.3 Å². The number of aromatic nitrogens is 5. The fraction of sp³-hybridized carbons (Fsp3) is 0.333. The minimum atomic E-state index is -0.0191. The first-order valence-electron chi connectivity index (χ1n) is 11.9. The average Bonchev–Trinajstić information content (AvgIpc) is 3.14. The fourth-order valence-corrected chi connectivity index (χ4v) is 4.58. The normalized spacial score (nSPS) is 11.7. The van der Waals surface area contributed by atoms with Crippen molar-refractivity contribution in [1.29, 1.82) is 0 Å². The highest BCUT2D eigenvalue weighted by Crippen LogP contribution is 2.29. The van der Waals surface area contributed by atoms with Crippen LogP contribution in [-0.2, 0) is 13.0 Å². The number of nitrogens with zero attached hydrogens (tertiary/aromatic N) is 5. The van der Waals surface area contributed by atoms with Crippen LogP contribution in [0.25, 0.3) is 38.9 Å². The molecule has 0 radical (unpaired) electrons. The van der Waals surface area contributed by atoms with E-state index in [1.165, 1.54) is 12.8 Å². The Kier molecular flexibility index (Phi) is 5.67. The van der Waals surface area contributed by atoms with Gasteiger partial charge in [-0.3, -0.25) is 13.9 Å². The van der Waals surface area contributed by atoms with Crippen LogP contribution >= 0.6 is 0 Å². The van der Waals surface area contributed by atoms with Gasteiger partial charge in [0.25, 0.3) is 5.56 Å². The number of para-hydroxylation sites is 2. The number of hydrogen-bond acceptors (Lipinski definition) is 4. The summed E-state index contributed by atoms with van der Waals surface area (Å²) in [5.41, 5.74) is 5.56. The van der Waals surface area contributed by atoms with E-state index in [0.717, 1.165) is 41.0 Å². The molecule has 6 nitrogen and oxygen atoms in total. The van der Waals surface area contributed by atoms with Gasteiger partial charge in [-0.15, -0.1) is 0 Å². The standard InChI is InChI=1S/C27H29N5O/c1-4-6-7-10-16-31-22(5-2)30-25-23(27(31)33)24-26(29-21-15-9-8-14-20(21)28-24)32(25)19-13-11-12-18(3)17-19/h8-9,11-15,17H,4-7,10,16H2,1-3H3. The molecule has 3 heterocycles. The molecule has 0 unspecified atom stereocenters. The van der Waals surface area contributed by atoms with E-state index in [2.05, 4.69) is 32.9 Å². The van der Waals surface area contributed by atoms with Gasteiger partial charge in [0, 0.05) is 18.7 Å². The van der Waals surface area contributed by atoms with Crippen molar-refractivity contribution in [2.24, 2.45) is 0 Å². The lowest BCUT2D eigenvalue weighted by Gasteiger charge is -2.12. The zero-order valence-electron chi connectivity index (χ0n) is 19.5. The van der Waals surface area contributed by atoms with Gasteiger partial charge in [-0.25, -0.2) is 15.0 Å². The number of rotatable bonds is 7. The molecule has 0 spiro atoms. The Bertz CT molecular complexity index is 1530. The van der Waals surface area contributed by atoms with Crippen molar-refractivity contribution in [3.8, 4) is 5.69 Å². The molecule has 0 atom stereocenters. The molecule has 0 aliphatic heterocycles. The lowest BCUT2D eigenvalue weighted by Crippen LogP contribution is -2.25. The van der Waals surface area contributed by atoms with E-state index < -0.39 is 0 Å². The summed E-state index contributed by atoms with van der Waals surface area (Å²) in [4.78, 5) is 28.8. The van der Waals surface area contributed by atoms with Gasteiger partial charge < -0.3 is 0 Å². The maximum atomic E-state index is 13.9. The number of unbranched alkanes of at least 4 members (excludes halogenated alkanes) is 3. The Labute approximate surface area is 192 Å². The molecule has 0 aliphatic rings. The van der Waals surface area contributed by atoms with Crippen LogP contribution in [0.4, 0.5) is 0 Å². The summed E-state index contributed by atoms with van der Waals surface area (Å²) in [6, 6.07) is 16.0. The molecule has 0 N–H and O–H groups in total. The smallest absolute Gasteiger partial charge is 0.265 e. The minimum Gasteiger partial charge on any atom is -0.296 e. The first kappa shape index (κ1) is 21.3. The van der Waals surface area contributed by atoms with Crippen LogP contribution in [0, 0.1) is 6.92 Å². The molecular weight excluding hydrogens is 410 g/mol. The van der Waals surface area contributed by atoms with Crippen molar-refractivity contribution in [3.05, 3.63) is 70.3 Å². The van der Waals surface area contributed by atoms with Crippen LogP contribution in [0.1, 0.15) is 50.9 Å². The summed E-state index contributed by atoms with van der Waals surface area (Å²) in [5.74, 6) is 0.810. The Morgan fingerprint density at radius 1 is 0.848 bits per heavy atom. The highest BCUT2D eigenvalue weighted by Gasteiger charge is 2.22. The number of benzene rings is 2. The zero-order valence-corrected chi connectivity index (χ0v) is 19.5. The van der Waals surface area contributed by atoms with Gasteiger partial charge in [0.1, 0.15) is 16.7 Å². The lowest BCUT2D eigenvalue weighted by atomic mass is 10.2. The molecule has 6 heteroatoms. The molecule has 168 valence electrons. The molecule has 2 aromatic carbocycles. The monoisotopic (exact) mass is 439 g/mol. The highest BCUT2D eigenvalue weighted by atomic mass is 16.1. The van der Waals surface area contributed by atoms with Crippen molar-refractivity contribution in [2.45, 2.75) is 59.4 Å². The second-order valence-electron chi connectivity index (χ2n) is 8.66. The van der Waals surface area contributed by atoms with Crippen molar-refractivity contribution in [2.75, 3.05) is 0 Å². The molecule has 0 fully saturated rings. The SMILES string of the molecule is CCCCCCn1c(CC)nc2c(c1=O)c1nc3ccccc3nc1n2-c1cccc(C)c1. The van der Waals surface area contributed by atoms with Crippen LogP contribution in [0.5, 0.6) is 0 Å². The molecule has 5 aromatic rings. The van der Waals surface area contributed by atoms with Crippen LogP contribution in [0.15, 0.2) is 53.3 Å². The third-order valence-corrected chi connectivity index (χ3v) is 6.25. The summed E-state index contributed by atoms with van der Waals surface area (Å²) >= 11 is 0. The van der Waals surface area contributed by atoms with E-state index in [1.54, 1.807) is 0 Å². The van der Waals surface area contributed by atoms with Crippen molar-refractivity contribution in [1.82, 2.24) is 24.1 Å². The summed E-state index contributed by atoms with van der Waals surface area (Å²) in [6.45, 7) is 7.00. The third-order valence-electron chi connectivity index (χ3n) is 6.25.